The fraction of sp³-hybridized carbons (Fsp3) is 0.0667. The molecule has 0 aliphatic carbocycles. The van der Waals surface area contributed by atoms with Gasteiger partial charge >= 0.3 is 0 Å². The Hall–Kier alpha value is -2.13. The summed E-state index contributed by atoms with van der Waals surface area (Å²) in [4.78, 5) is 16.6. The average molecular weight is 272 g/mol. The van der Waals surface area contributed by atoms with E-state index in [0.29, 0.717) is 21.7 Å². The van der Waals surface area contributed by atoms with Crippen LogP contribution in [0.2, 0.25) is 5.02 Å². The molecule has 0 spiro atoms. The Kier molecular flexibility index (Phi) is 2.84. The Bertz CT molecular complexity index is 777. The zero-order valence-electron chi connectivity index (χ0n) is 10.2. The lowest BCUT2D eigenvalue weighted by molar-refractivity contribution is 0.101. The second-order valence-corrected chi connectivity index (χ2v) is 4.66. The molecule has 3 aromatic rings. The first kappa shape index (κ1) is 11.9. The van der Waals surface area contributed by atoms with Crippen LogP contribution >= 0.6 is 11.6 Å². The van der Waals surface area contributed by atoms with Gasteiger partial charge in [-0.3, -0.25) is 4.79 Å². The highest BCUT2D eigenvalue weighted by Crippen LogP contribution is 2.23. The van der Waals surface area contributed by atoms with Crippen LogP contribution in [0.1, 0.15) is 21.8 Å². The average Bonchev–Trinajstić information content (AvgIpc) is 2.81. The summed E-state index contributed by atoms with van der Waals surface area (Å²) >= 11 is 6.01. The Morgan fingerprint density at radius 2 is 2.00 bits per heavy atom. The lowest BCUT2D eigenvalue weighted by atomic mass is 10.1. The summed E-state index contributed by atoms with van der Waals surface area (Å²) in [6, 6.07) is 12.2. The predicted octanol–water partition coefficient (Wildman–Crippen LogP) is 4.02. The van der Waals surface area contributed by atoms with E-state index < -0.39 is 0 Å². The van der Waals surface area contributed by atoms with Gasteiger partial charge in [0.25, 0.3) is 0 Å². The fourth-order valence-electron chi connectivity index (χ4n) is 1.92. The molecule has 1 aromatic carbocycles. The fourth-order valence-corrected chi connectivity index (χ4v) is 2.14. The number of nitrogens with zero attached hydrogens (tertiary/aromatic N) is 1. The minimum atomic E-state index is -0.235. The molecule has 0 bridgehead atoms. The van der Waals surface area contributed by atoms with E-state index in [0.717, 1.165) is 5.69 Å². The molecule has 0 saturated heterocycles. The van der Waals surface area contributed by atoms with Gasteiger partial charge in [0.2, 0.25) is 5.78 Å². The van der Waals surface area contributed by atoms with Gasteiger partial charge < -0.3 is 4.42 Å². The molecular formula is C15H10ClNO2. The molecule has 0 aliphatic heterocycles. The van der Waals surface area contributed by atoms with Crippen molar-refractivity contribution in [1.82, 2.24) is 4.98 Å². The van der Waals surface area contributed by atoms with Gasteiger partial charge in [0.15, 0.2) is 11.3 Å². The van der Waals surface area contributed by atoms with Crippen LogP contribution in [0, 0.1) is 6.92 Å². The summed E-state index contributed by atoms with van der Waals surface area (Å²) < 4.78 is 5.52. The molecule has 0 atom stereocenters. The van der Waals surface area contributed by atoms with E-state index in [1.54, 1.807) is 36.4 Å². The molecular weight excluding hydrogens is 262 g/mol. The molecule has 2 aromatic heterocycles. The van der Waals surface area contributed by atoms with Crippen molar-refractivity contribution in [3.05, 3.63) is 64.5 Å². The van der Waals surface area contributed by atoms with E-state index in [1.165, 1.54) is 0 Å². The van der Waals surface area contributed by atoms with Gasteiger partial charge in [-0.1, -0.05) is 23.7 Å². The number of aromatic nitrogens is 1. The largest absolute Gasteiger partial charge is 0.451 e. The van der Waals surface area contributed by atoms with Crippen molar-refractivity contribution < 1.29 is 9.21 Å². The summed E-state index contributed by atoms with van der Waals surface area (Å²) in [7, 11) is 0. The van der Waals surface area contributed by atoms with Crippen molar-refractivity contribution in [1.29, 1.82) is 0 Å². The number of halogens is 1. The highest BCUT2D eigenvalue weighted by molar-refractivity contribution is 6.34. The van der Waals surface area contributed by atoms with E-state index in [-0.39, 0.29) is 11.5 Å². The standard InChI is InChI=1S/C15H10ClNO2/c1-9-6-7-13-12(17-9)8-14(19-13)15(18)10-4-2-3-5-11(10)16/h2-8H,1H3. The normalized spacial score (nSPS) is 10.8. The summed E-state index contributed by atoms with van der Waals surface area (Å²) in [6.07, 6.45) is 0. The molecule has 0 fully saturated rings. The van der Waals surface area contributed by atoms with Crippen molar-refractivity contribution in [2.75, 3.05) is 0 Å². The van der Waals surface area contributed by atoms with E-state index in [1.807, 2.05) is 13.0 Å². The smallest absolute Gasteiger partial charge is 0.229 e. The maximum absolute atomic E-state index is 12.3. The van der Waals surface area contributed by atoms with Crippen LogP contribution in [0.4, 0.5) is 0 Å². The highest BCUT2D eigenvalue weighted by Gasteiger charge is 2.17. The predicted molar refractivity (Wildman–Crippen MR) is 73.6 cm³/mol. The zero-order chi connectivity index (χ0) is 13.4. The number of furan rings is 1. The number of fused-ring (bicyclic) bond motifs is 1. The maximum Gasteiger partial charge on any atom is 0.229 e. The number of hydrogen-bond acceptors (Lipinski definition) is 3. The molecule has 0 amide bonds. The summed E-state index contributed by atoms with van der Waals surface area (Å²) in [5.74, 6) is 0.0162. The first-order valence-corrected chi connectivity index (χ1v) is 6.19. The van der Waals surface area contributed by atoms with Crippen molar-refractivity contribution in [3.63, 3.8) is 0 Å². The second-order valence-electron chi connectivity index (χ2n) is 4.26. The number of hydrogen-bond donors (Lipinski definition) is 0. The number of carbonyl (C=O) groups is 1. The monoisotopic (exact) mass is 271 g/mol. The Morgan fingerprint density at radius 3 is 2.79 bits per heavy atom. The molecule has 0 radical (unpaired) electrons. The first-order chi connectivity index (χ1) is 9.15. The summed E-state index contributed by atoms with van der Waals surface area (Å²) in [5.41, 5.74) is 2.58. The van der Waals surface area contributed by atoms with Gasteiger partial charge in [-0.25, -0.2) is 4.98 Å². The third-order valence-electron chi connectivity index (χ3n) is 2.86. The van der Waals surface area contributed by atoms with Gasteiger partial charge in [0.05, 0.1) is 5.02 Å². The first-order valence-electron chi connectivity index (χ1n) is 5.81. The van der Waals surface area contributed by atoms with Crippen molar-refractivity contribution >= 4 is 28.5 Å². The molecule has 0 unspecified atom stereocenters. The Labute approximate surface area is 114 Å². The van der Waals surface area contributed by atoms with Crippen LogP contribution in [-0.4, -0.2) is 10.8 Å². The summed E-state index contributed by atoms with van der Waals surface area (Å²) in [5, 5.41) is 0.414. The van der Waals surface area contributed by atoms with Gasteiger partial charge in [-0.15, -0.1) is 0 Å². The second kappa shape index (κ2) is 4.52. The quantitative estimate of drug-likeness (QED) is 0.661. The minimum Gasteiger partial charge on any atom is -0.451 e. The van der Waals surface area contributed by atoms with Crippen LogP contribution in [-0.2, 0) is 0 Å². The summed E-state index contributed by atoms with van der Waals surface area (Å²) in [6.45, 7) is 1.89. The van der Waals surface area contributed by atoms with Crippen molar-refractivity contribution in [2.45, 2.75) is 6.92 Å². The number of aryl methyl sites for hydroxylation is 1. The highest BCUT2D eigenvalue weighted by atomic mass is 35.5. The number of benzene rings is 1. The van der Waals surface area contributed by atoms with E-state index in [4.69, 9.17) is 16.0 Å². The van der Waals surface area contributed by atoms with E-state index in [9.17, 15) is 4.79 Å². The van der Waals surface area contributed by atoms with Crippen molar-refractivity contribution in [2.24, 2.45) is 0 Å². The topological polar surface area (TPSA) is 43.1 Å². The van der Waals surface area contributed by atoms with Crippen LogP contribution < -0.4 is 0 Å². The van der Waals surface area contributed by atoms with E-state index >= 15 is 0 Å². The van der Waals surface area contributed by atoms with Crippen LogP contribution in [0.15, 0.2) is 46.9 Å². The zero-order valence-corrected chi connectivity index (χ0v) is 10.9. The van der Waals surface area contributed by atoms with Crippen LogP contribution in [0.25, 0.3) is 11.1 Å². The molecule has 94 valence electrons. The molecule has 0 saturated carbocycles. The SMILES string of the molecule is Cc1ccc2oc(C(=O)c3ccccc3Cl)cc2n1. The number of pyridine rings is 1. The van der Waals surface area contributed by atoms with Gasteiger partial charge in [0.1, 0.15) is 5.52 Å². The molecule has 19 heavy (non-hydrogen) atoms. The molecule has 3 nitrogen and oxygen atoms in total. The lowest BCUT2D eigenvalue weighted by Crippen LogP contribution is -1.99. The molecule has 3 rings (SSSR count). The van der Waals surface area contributed by atoms with Crippen LogP contribution in [0.3, 0.4) is 0 Å². The van der Waals surface area contributed by atoms with Gasteiger partial charge in [0, 0.05) is 17.3 Å². The molecule has 4 heteroatoms. The van der Waals surface area contributed by atoms with Gasteiger partial charge in [-0.2, -0.15) is 0 Å². The Balaban J connectivity index is 2.09. The third-order valence-corrected chi connectivity index (χ3v) is 3.18. The molecule has 0 aliphatic rings. The number of ketones is 1. The van der Waals surface area contributed by atoms with Crippen LogP contribution in [0.5, 0.6) is 0 Å². The van der Waals surface area contributed by atoms with Crippen molar-refractivity contribution in [3.8, 4) is 0 Å². The molecule has 2 heterocycles. The Morgan fingerprint density at radius 1 is 1.21 bits per heavy atom. The number of carbonyl (C=O) groups excluding carboxylic acids is 1. The maximum atomic E-state index is 12.3. The third kappa shape index (κ3) is 2.13. The van der Waals surface area contributed by atoms with Gasteiger partial charge in [-0.05, 0) is 31.2 Å². The number of rotatable bonds is 2. The lowest BCUT2D eigenvalue weighted by Gasteiger charge is -1.99. The minimum absolute atomic E-state index is 0.235. The van der Waals surface area contributed by atoms with E-state index in [2.05, 4.69) is 4.98 Å². The molecule has 0 N–H and O–H groups in total.